The smallest absolute Gasteiger partial charge is 0.244 e. The van der Waals surface area contributed by atoms with Gasteiger partial charge in [0.05, 0.1) is 24.1 Å². The highest BCUT2D eigenvalue weighted by atomic mass is 35.5. The van der Waals surface area contributed by atoms with Gasteiger partial charge in [-0.1, -0.05) is 65.7 Å². The van der Waals surface area contributed by atoms with Gasteiger partial charge in [-0.25, -0.2) is 8.42 Å². The monoisotopic (exact) mass is 591 g/mol. The third-order valence-electron chi connectivity index (χ3n) is 5.97. The summed E-state index contributed by atoms with van der Waals surface area (Å²) in [7, 11) is -2.47. The molecule has 0 aliphatic heterocycles. The Morgan fingerprint density at radius 3 is 2.26 bits per heavy atom. The number of hydrogen-bond acceptors (Lipinski definition) is 5. The fourth-order valence-electron chi connectivity index (χ4n) is 4.10. The number of anilines is 1. The molecule has 0 aliphatic rings. The summed E-state index contributed by atoms with van der Waals surface area (Å²) in [5.41, 5.74) is 1.73. The van der Waals surface area contributed by atoms with E-state index in [9.17, 15) is 18.0 Å². The molecule has 0 saturated heterocycles. The van der Waals surface area contributed by atoms with Gasteiger partial charge in [-0.3, -0.25) is 13.9 Å². The number of carbonyl (C=O) groups excluding carboxylic acids is 2. The minimum absolute atomic E-state index is 0.0367. The van der Waals surface area contributed by atoms with Gasteiger partial charge in [0.1, 0.15) is 18.3 Å². The van der Waals surface area contributed by atoms with Crippen molar-refractivity contribution in [1.82, 2.24) is 10.2 Å². The van der Waals surface area contributed by atoms with Gasteiger partial charge in [-0.2, -0.15) is 0 Å². The van der Waals surface area contributed by atoms with Crippen LogP contribution in [-0.4, -0.2) is 57.6 Å². The molecule has 1 N–H and O–H groups in total. The molecule has 0 aliphatic carbocycles. The van der Waals surface area contributed by atoms with Gasteiger partial charge in [0, 0.05) is 24.5 Å². The zero-order valence-corrected chi connectivity index (χ0v) is 24.3. The third-order valence-corrected chi connectivity index (χ3v) is 7.64. The van der Waals surface area contributed by atoms with Crippen LogP contribution in [0.1, 0.15) is 18.1 Å². The molecule has 0 radical (unpaired) electrons. The lowest BCUT2D eigenvalue weighted by atomic mass is 10.0. The number of rotatable bonds is 12. The van der Waals surface area contributed by atoms with E-state index in [1.54, 1.807) is 31.2 Å². The Kier molecular flexibility index (Phi) is 10.6. The van der Waals surface area contributed by atoms with E-state index in [1.807, 2.05) is 30.3 Å². The summed E-state index contributed by atoms with van der Waals surface area (Å²) in [6, 6.07) is 19.8. The number of halogens is 2. The summed E-state index contributed by atoms with van der Waals surface area (Å²) in [5, 5.41) is 3.48. The predicted molar refractivity (Wildman–Crippen MR) is 155 cm³/mol. The van der Waals surface area contributed by atoms with Crippen molar-refractivity contribution in [3.63, 3.8) is 0 Å². The number of nitrogens with one attached hydrogen (secondary N) is 1. The summed E-state index contributed by atoms with van der Waals surface area (Å²) >= 11 is 12.5. The second-order valence-electron chi connectivity index (χ2n) is 8.84. The van der Waals surface area contributed by atoms with Crippen molar-refractivity contribution in [2.45, 2.75) is 25.9 Å². The second-order valence-corrected chi connectivity index (χ2v) is 11.6. The fraction of sp³-hybridized carbons (Fsp3) is 0.286. The fourth-order valence-corrected chi connectivity index (χ4v) is 5.41. The van der Waals surface area contributed by atoms with Crippen LogP contribution in [0.25, 0.3) is 0 Å². The van der Waals surface area contributed by atoms with Gasteiger partial charge in [-0.05, 0) is 48.4 Å². The van der Waals surface area contributed by atoms with E-state index in [0.29, 0.717) is 22.9 Å². The molecule has 208 valence electrons. The van der Waals surface area contributed by atoms with Crippen molar-refractivity contribution in [2.75, 3.05) is 30.8 Å². The van der Waals surface area contributed by atoms with Crippen molar-refractivity contribution in [3.8, 4) is 5.75 Å². The summed E-state index contributed by atoms with van der Waals surface area (Å²) in [5.74, 6) is -0.559. The summed E-state index contributed by atoms with van der Waals surface area (Å²) in [6.45, 7) is 1.64. The van der Waals surface area contributed by atoms with E-state index in [2.05, 4.69) is 5.32 Å². The molecule has 39 heavy (non-hydrogen) atoms. The van der Waals surface area contributed by atoms with Gasteiger partial charge in [-0.15, -0.1) is 0 Å². The van der Waals surface area contributed by atoms with Crippen molar-refractivity contribution in [3.05, 3.63) is 94.0 Å². The molecule has 0 saturated carbocycles. The Labute approximate surface area is 239 Å². The lowest BCUT2D eigenvalue weighted by molar-refractivity contribution is -0.140. The first-order valence-electron chi connectivity index (χ1n) is 12.2. The van der Waals surface area contributed by atoms with Crippen LogP contribution in [0.4, 0.5) is 5.69 Å². The highest BCUT2D eigenvalue weighted by molar-refractivity contribution is 7.92. The van der Waals surface area contributed by atoms with E-state index in [4.69, 9.17) is 27.9 Å². The molecule has 11 heteroatoms. The predicted octanol–water partition coefficient (Wildman–Crippen LogP) is 4.54. The summed E-state index contributed by atoms with van der Waals surface area (Å²) in [4.78, 5) is 28.7. The molecule has 2 amide bonds. The molecule has 0 aromatic heterocycles. The van der Waals surface area contributed by atoms with Crippen LogP contribution in [0.5, 0.6) is 5.75 Å². The molecule has 0 fully saturated rings. The quantitative estimate of drug-likeness (QED) is 0.333. The Morgan fingerprint density at radius 2 is 1.67 bits per heavy atom. The van der Waals surface area contributed by atoms with E-state index in [-0.39, 0.29) is 29.6 Å². The van der Waals surface area contributed by atoms with E-state index < -0.39 is 28.5 Å². The number of hydrogen-bond donors (Lipinski definition) is 1. The van der Waals surface area contributed by atoms with Gasteiger partial charge < -0.3 is 15.0 Å². The van der Waals surface area contributed by atoms with Crippen molar-refractivity contribution < 1.29 is 22.7 Å². The Morgan fingerprint density at radius 1 is 0.974 bits per heavy atom. The first-order chi connectivity index (χ1) is 18.5. The summed E-state index contributed by atoms with van der Waals surface area (Å²) in [6.07, 6.45) is 1.23. The SMILES string of the molecule is CCNC(=O)C(Cc1ccccc1)N(Cc1cccc(Cl)c1)C(=O)CN(c1ccc(OC)c(Cl)c1)S(C)(=O)=O. The number of methoxy groups -OCH3 is 1. The zero-order valence-electron chi connectivity index (χ0n) is 21.9. The maximum atomic E-state index is 14.0. The number of nitrogens with zero attached hydrogens (tertiary/aromatic N) is 2. The molecular formula is C28H31Cl2N3O5S. The topological polar surface area (TPSA) is 96.0 Å². The minimum Gasteiger partial charge on any atom is -0.495 e. The van der Waals surface area contributed by atoms with Crippen LogP contribution < -0.4 is 14.4 Å². The standard InChI is InChI=1S/C28H31Cl2N3O5S/c1-4-31-28(35)25(16-20-9-6-5-7-10-20)32(18-21-11-8-12-22(29)15-21)27(34)19-33(39(3,36)37)23-13-14-26(38-2)24(30)17-23/h5-15,17,25H,4,16,18-19H2,1-3H3,(H,31,35). The minimum atomic E-state index is -3.91. The summed E-state index contributed by atoms with van der Waals surface area (Å²) < 4.78 is 31.8. The van der Waals surface area contributed by atoms with Crippen molar-refractivity contribution in [1.29, 1.82) is 0 Å². The van der Waals surface area contributed by atoms with E-state index in [1.165, 1.54) is 30.2 Å². The van der Waals surface area contributed by atoms with E-state index in [0.717, 1.165) is 16.1 Å². The Balaban J connectivity index is 2.05. The number of ether oxygens (including phenoxy) is 1. The molecule has 0 spiro atoms. The number of benzene rings is 3. The zero-order chi connectivity index (χ0) is 28.6. The molecule has 0 heterocycles. The lowest BCUT2D eigenvalue weighted by Gasteiger charge is -2.33. The molecule has 3 aromatic rings. The Hall–Kier alpha value is -3.27. The number of likely N-dealkylation sites (N-methyl/N-ethyl adjacent to an activating group) is 1. The highest BCUT2D eigenvalue weighted by Crippen LogP contribution is 2.30. The van der Waals surface area contributed by atoms with Gasteiger partial charge in [0.2, 0.25) is 21.8 Å². The number of carbonyl (C=O) groups is 2. The maximum absolute atomic E-state index is 14.0. The Bertz CT molecular complexity index is 1400. The molecule has 8 nitrogen and oxygen atoms in total. The average molecular weight is 593 g/mol. The molecule has 3 aromatic carbocycles. The van der Waals surface area contributed by atoms with Crippen LogP contribution in [0, 0.1) is 0 Å². The molecular weight excluding hydrogens is 561 g/mol. The molecule has 3 rings (SSSR count). The van der Waals surface area contributed by atoms with E-state index >= 15 is 0 Å². The molecule has 1 unspecified atom stereocenters. The maximum Gasteiger partial charge on any atom is 0.244 e. The lowest BCUT2D eigenvalue weighted by Crippen LogP contribution is -2.53. The largest absolute Gasteiger partial charge is 0.495 e. The number of amides is 2. The molecule has 0 bridgehead atoms. The van der Waals surface area contributed by atoms with Crippen LogP contribution >= 0.6 is 23.2 Å². The van der Waals surface area contributed by atoms with Crippen LogP contribution in [0.15, 0.2) is 72.8 Å². The van der Waals surface area contributed by atoms with Crippen LogP contribution in [0.3, 0.4) is 0 Å². The van der Waals surface area contributed by atoms with Crippen LogP contribution in [0.2, 0.25) is 10.0 Å². The van der Waals surface area contributed by atoms with Crippen molar-refractivity contribution >= 4 is 50.7 Å². The van der Waals surface area contributed by atoms with Gasteiger partial charge in [0.15, 0.2) is 0 Å². The second kappa shape index (κ2) is 13.7. The average Bonchev–Trinajstić information content (AvgIpc) is 2.89. The normalized spacial score (nSPS) is 11.9. The third kappa shape index (κ3) is 8.36. The van der Waals surface area contributed by atoms with Crippen molar-refractivity contribution in [2.24, 2.45) is 0 Å². The molecule has 1 atom stereocenters. The highest BCUT2D eigenvalue weighted by Gasteiger charge is 2.33. The first-order valence-corrected chi connectivity index (χ1v) is 14.8. The van der Waals surface area contributed by atoms with Crippen LogP contribution in [-0.2, 0) is 32.6 Å². The number of sulfonamides is 1. The van der Waals surface area contributed by atoms with Gasteiger partial charge >= 0.3 is 0 Å². The first kappa shape index (κ1) is 30.3. The van der Waals surface area contributed by atoms with Gasteiger partial charge in [0.25, 0.3) is 0 Å².